The first-order valence-electron chi connectivity index (χ1n) is 6.68. The summed E-state index contributed by atoms with van der Waals surface area (Å²) in [5.41, 5.74) is 7.74. The van der Waals surface area contributed by atoms with Crippen molar-refractivity contribution in [1.82, 2.24) is 9.55 Å². The zero-order chi connectivity index (χ0) is 13.8. The van der Waals surface area contributed by atoms with Gasteiger partial charge in [-0.25, -0.2) is 9.37 Å². The molecule has 0 aliphatic heterocycles. The zero-order valence-electron chi connectivity index (χ0n) is 11.4. The molecule has 0 saturated heterocycles. The molecule has 4 heteroatoms. The van der Waals surface area contributed by atoms with Crippen LogP contribution in [0, 0.1) is 5.82 Å². The Labute approximate surface area is 113 Å². The molecule has 0 bridgehead atoms. The molecule has 0 aliphatic rings. The molecule has 2 rings (SSSR count). The van der Waals surface area contributed by atoms with E-state index in [9.17, 15) is 4.39 Å². The van der Waals surface area contributed by atoms with Crippen molar-refractivity contribution in [2.45, 2.75) is 39.2 Å². The minimum atomic E-state index is -0.225. The summed E-state index contributed by atoms with van der Waals surface area (Å²) in [4.78, 5) is 4.36. The Morgan fingerprint density at radius 3 is 2.89 bits per heavy atom. The van der Waals surface area contributed by atoms with E-state index in [0.29, 0.717) is 6.42 Å². The molecular formula is C15H20FN3. The van der Waals surface area contributed by atoms with Gasteiger partial charge in [0.05, 0.1) is 5.69 Å². The van der Waals surface area contributed by atoms with Crippen molar-refractivity contribution in [2.75, 3.05) is 0 Å². The van der Waals surface area contributed by atoms with Crippen LogP contribution in [-0.2, 0) is 12.8 Å². The predicted octanol–water partition coefficient (Wildman–Crippen LogP) is 2.85. The van der Waals surface area contributed by atoms with Crippen LogP contribution < -0.4 is 5.73 Å². The van der Waals surface area contributed by atoms with E-state index in [1.54, 1.807) is 18.3 Å². The highest BCUT2D eigenvalue weighted by atomic mass is 19.1. The number of hydrogen-bond acceptors (Lipinski definition) is 2. The molecule has 1 unspecified atom stereocenters. The Kier molecular flexibility index (Phi) is 4.32. The maximum absolute atomic E-state index is 13.4. The largest absolute Gasteiger partial charge is 0.328 e. The third kappa shape index (κ3) is 3.20. The van der Waals surface area contributed by atoms with Crippen LogP contribution in [0.25, 0.3) is 5.69 Å². The summed E-state index contributed by atoms with van der Waals surface area (Å²) in [5, 5.41) is 0. The van der Waals surface area contributed by atoms with E-state index in [2.05, 4.69) is 11.9 Å². The van der Waals surface area contributed by atoms with Gasteiger partial charge in [-0.1, -0.05) is 6.92 Å². The molecule has 3 nitrogen and oxygen atoms in total. The average Bonchev–Trinajstić information content (AvgIpc) is 2.77. The highest BCUT2D eigenvalue weighted by molar-refractivity contribution is 5.43. The monoisotopic (exact) mass is 261 g/mol. The first-order chi connectivity index (χ1) is 9.11. The van der Waals surface area contributed by atoms with Crippen LogP contribution in [-0.4, -0.2) is 15.6 Å². The van der Waals surface area contributed by atoms with Crippen molar-refractivity contribution in [3.05, 3.63) is 47.8 Å². The van der Waals surface area contributed by atoms with E-state index in [1.165, 1.54) is 6.07 Å². The van der Waals surface area contributed by atoms with Gasteiger partial charge in [-0.3, -0.25) is 0 Å². The topological polar surface area (TPSA) is 43.8 Å². The van der Waals surface area contributed by atoms with E-state index in [1.807, 2.05) is 17.7 Å². The Morgan fingerprint density at radius 1 is 1.42 bits per heavy atom. The minimum Gasteiger partial charge on any atom is -0.328 e. The minimum absolute atomic E-state index is 0.00121. The van der Waals surface area contributed by atoms with Crippen molar-refractivity contribution >= 4 is 0 Å². The second-order valence-electron chi connectivity index (χ2n) is 4.92. The molecule has 19 heavy (non-hydrogen) atoms. The van der Waals surface area contributed by atoms with Crippen molar-refractivity contribution in [2.24, 2.45) is 5.73 Å². The highest BCUT2D eigenvalue weighted by Crippen LogP contribution is 2.20. The Balaban J connectivity index is 2.45. The number of benzene rings is 1. The molecular weight excluding hydrogens is 241 g/mol. The fourth-order valence-corrected chi connectivity index (χ4v) is 2.26. The van der Waals surface area contributed by atoms with Crippen LogP contribution in [0.4, 0.5) is 4.39 Å². The predicted molar refractivity (Wildman–Crippen MR) is 74.9 cm³/mol. The third-order valence-electron chi connectivity index (χ3n) is 3.03. The molecule has 102 valence electrons. The van der Waals surface area contributed by atoms with Gasteiger partial charge in [0.15, 0.2) is 0 Å². The average molecular weight is 261 g/mol. The maximum atomic E-state index is 13.4. The molecule has 0 fully saturated rings. The van der Waals surface area contributed by atoms with Gasteiger partial charge in [0, 0.05) is 24.9 Å². The lowest BCUT2D eigenvalue weighted by Gasteiger charge is -2.14. The normalized spacial score (nSPS) is 12.6. The van der Waals surface area contributed by atoms with Crippen LogP contribution in [0.3, 0.4) is 0 Å². The van der Waals surface area contributed by atoms with Crippen LogP contribution in [0.1, 0.15) is 31.7 Å². The second kappa shape index (κ2) is 5.97. The third-order valence-corrected chi connectivity index (χ3v) is 3.03. The first-order valence-corrected chi connectivity index (χ1v) is 6.68. The van der Waals surface area contributed by atoms with Gasteiger partial charge in [0.25, 0.3) is 0 Å². The number of nitrogens with zero attached hydrogens (tertiary/aromatic N) is 2. The number of nitrogens with two attached hydrogens (primary N) is 1. The second-order valence-corrected chi connectivity index (χ2v) is 4.92. The van der Waals surface area contributed by atoms with Crippen molar-refractivity contribution in [3.8, 4) is 5.69 Å². The van der Waals surface area contributed by atoms with Gasteiger partial charge in [0.2, 0.25) is 0 Å². The summed E-state index contributed by atoms with van der Waals surface area (Å²) < 4.78 is 15.5. The lowest BCUT2D eigenvalue weighted by Crippen LogP contribution is -2.19. The van der Waals surface area contributed by atoms with Crippen LogP contribution in [0.15, 0.2) is 30.6 Å². The van der Waals surface area contributed by atoms with E-state index >= 15 is 0 Å². The van der Waals surface area contributed by atoms with Gasteiger partial charge in [0.1, 0.15) is 11.6 Å². The maximum Gasteiger partial charge on any atom is 0.123 e. The van der Waals surface area contributed by atoms with E-state index in [4.69, 9.17) is 5.73 Å². The zero-order valence-corrected chi connectivity index (χ0v) is 11.4. The molecule has 1 heterocycles. The van der Waals surface area contributed by atoms with Crippen molar-refractivity contribution in [3.63, 3.8) is 0 Å². The summed E-state index contributed by atoms with van der Waals surface area (Å²) in [7, 11) is 0. The molecule has 0 spiro atoms. The van der Waals surface area contributed by atoms with Crippen LogP contribution >= 0.6 is 0 Å². The lowest BCUT2D eigenvalue weighted by atomic mass is 10.0. The van der Waals surface area contributed by atoms with E-state index in [0.717, 1.165) is 29.9 Å². The van der Waals surface area contributed by atoms with E-state index in [-0.39, 0.29) is 11.9 Å². The van der Waals surface area contributed by atoms with E-state index < -0.39 is 0 Å². The Morgan fingerprint density at radius 2 is 2.21 bits per heavy atom. The summed E-state index contributed by atoms with van der Waals surface area (Å²) in [6, 6.07) is 4.84. The van der Waals surface area contributed by atoms with Crippen LogP contribution in [0.5, 0.6) is 0 Å². The Bertz CT molecular complexity index is 546. The molecule has 1 aromatic carbocycles. The van der Waals surface area contributed by atoms with Gasteiger partial charge in [-0.05, 0) is 43.5 Å². The first kappa shape index (κ1) is 13.7. The fraction of sp³-hybridized carbons (Fsp3) is 0.400. The van der Waals surface area contributed by atoms with Crippen molar-refractivity contribution < 1.29 is 4.39 Å². The summed E-state index contributed by atoms with van der Waals surface area (Å²) >= 11 is 0. The number of hydrogen-bond donors (Lipinski definition) is 1. The number of aryl methyl sites for hydroxylation is 1. The molecule has 1 atom stereocenters. The van der Waals surface area contributed by atoms with Crippen LogP contribution in [0.2, 0.25) is 0 Å². The standard InChI is InChI=1S/C15H20FN3/c1-3-4-15-18-7-8-19(15)14-6-5-13(16)10-12(14)9-11(2)17/h5-8,10-11H,3-4,9,17H2,1-2H3. The molecule has 2 aromatic rings. The number of rotatable bonds is 5. The number of halogens is 1. The summed E-state index contributed by atoms with van der Waals surface area (Å²) in [5.74, 6) is 0.775. The number of imidazole rings is 1. The summed E-state index contributed by atoms with van der Waals surface area (Å²) in [6.07, 6.45) is 6.28. The van der Waals surface area contributed by atoms with Gasteiger partial charge in [-0.15, -0.1) is 0 Å². The molecule has 1 aromatic heterocycles. The highest BCUT2D eigenvalue weighted by Gasteiger charge is 2.11. The molecule has 0 aliphatic carbocycles. The van der Waals surface area contributed by atoms with Gasteiger partial charge >= 0.3 is 0 Å². The van der Waals surface area contributed by atoms with Gasteiger partial charge in [-0.2, -0.15) is 0 Å². The molecule has 0 amide bonds. The summed E-state index contributed by atoms with van der Waals surface area (Å²) in [6.45, 7) is 4.04. The lowest BCUT2D eigenvalue weighted by molar-refractivity contribution is 0.621. The fourth-order valence-electron chi connectivity index (χ4n) is 2.26. The number of aromatic nitrogens is 2. The smallest absolute Gasteiger partial charge is 0.123 e. The van der Waals surface area contributed by atoms with Crippen molar-refractivity contribution in [1.29, 1.82) is 0 Å². The van der Waals surface area contributed by atoms with Gasteiger partial charge < -0.3 is 10.3 Å². The Hall–Kier alpha value is -1.68. The quantitative estimate of drug-likeness (QED) is 0.899. The molecule has 2 N–H and O–H groups in total. The SMILES string of the molecule is CCCc1nccn1-c1ccc(F)cc1CC(C)N. The molecule has 0 radical (unpaired) electrons. The molecule has 0 saturated carbocycles.